The summed E-state index contributed by atoms with van der Waals surface area (Å²) in [6.45, 7) is 4.64. The molecule has 0 bridgehead atoms. The van der Waals surface area contributed by atoms with E-state index in [1.807, 2.05) is 66.7 Å². The highest BCUT2D eigenvalue weighted by Crippen LogP contribution is 2.55. The average Bonchev–Trinajstić information content (AvgIpc) is 3.61. The van der Waals surface area contributed by atoms with E-state index in [-0.39, 0.29) is 5.41 Å². The Kier molecular flexibility index (Phi) is 5.81. The van der Waals surface area contributed by atoms with E-state index in [1.165, 1.54) is 27.8 Å². The highest BCUT2D eigenvalue weighted by Gasteiger charge is 2.40. The molecule has 0 atom stereocenters. The second-order valence-electron chi connectivity index (χ2n) is 12.4. The standard InChI is InChI=1S/C42H29N3O/c1-42(2)36-30(20-12-21-32(36)33-23-24-34-31-19-9-10-22-35(31)46-38(34)37(33)42)28-17-11-18-29(25-28)41-44-39(26-13-5-3-6-14-26)43-40(45-41)27-15-7-4-8-16-27/h3-25H,1-2H3. The van der Waals surface area contributed by atoms with Gasteiger partial charge in [0.25, 0.3) is 0 Å². The monoisotopic (exact) mass is 591 g/mol. The van der Waals surface area contributed by atoms with Crippen molar-refractivity contribution in [2.24, 2.45) is 0 Å². The smallest absolute Gasteiger partial charge is 0.164 e. The third kappa shape index (κ3) is 4.04. The first-order chi connectivity index (χ1) is 22.6. The predicted octanol–water partition coefficient (Wildman–Crippen LogP) is 10.7. The van der Waals surface area contributed by atoms with Crippen molar-refractivity contribution >= 4 is 21.9 Å². The fraction of sp³-hybridized carbons (Fsp3) is 0.0714. The lowest BCUT2D eigenvalue weighted by Crippen LogP contribution is -2.16. The van der Waals surface area contributed by atoms with Gasteiger partial charge in [0.15, 0.2) is 17.5 Å². The van der Waals surface area contributed by atoms with E-state index in [0.29, 0.717) is 17.5 Å². The molecule has 9 rings (SSSR count). The molecule has 6 aromatic carbocycles. The zero-order valence-electron chi connectivity index (χ0n) is 25.5. The Bertz CT molecular complexity index is 2380. The molecular weight excluding hydrogens is 562 g/mol. The van der Waals surface area contributed by atoms with E-state index in [0.717, 1.165) is 44.2 Å². The molecule has 1 aliphatic rings. The minimum Gasteiger partial charge on any atom is -0.456 e. The van der Waals surface area contributed by atoms with Crippen molar-refractivity contribution in [1.29, 1.82) is 0 Å². The van der Waals surface area contributed by atoms with Crippen molar-refractivity contribution in [3.8, 4) is 56.4 Å². The highest BCUT2D eigenvalue weighted by atomic mass is 16.3. The van der Waals surface area contributed by atoms with Gasteiger partial charge < -0.3 is 4.42 Å². The first-order valence-electron chi connectivity index (χ1n) is 15.6. The Balaban J connectivity index is 1.20. The van der Waals surface area contributed by atoms with Gasteiger partial charge in [-0.15, -0.1) is 0 Å². The molecule has 0 radical (unpaired) electrons. The molecule has 46 heavy (non-hydrogen) atoms. The van der Waals surface area contributed by atoms with Gasteiger partial charge in [0.1, 0.15) is 11.2 Å². The van der Waals surface area contributed by atoms with Crippen molar-refractivity contribution < 1.29 is 4.42 Å². The van der Waals surface area contributed by atoms with Gasteiger partial charge >= 0.3 is 0 Å². The van der Waals surface area contributed by atoms with Crippen molar-refractivity contribution in [2.75, 3.05) is 0 Å². The molecule has 0 fully saturated rings. The second kappa shape index (κ2) is 10.1. The molecule has 0 spiro atoms. The summed E-state index contributed by atoms with van der Waals surface area (Å²) in [5, 5.41) is 2.32. The van der Waals surface area contributed by atoms with Gasteiger partial charge in [-0.2, -0.15) is 0 Å². The molecule has 0 saturated carbocycles. The molecule has 0 amide bonds. The van der Waals surface area contributed by atoms with E-state index in [2.05, 4.69) is 86.6 Å². The molecule has 0 N–H and O–H groups in total. The van der Waals surface area contributed by atoms with Crippen LogP contribution < -0.4 is 0 Å². The van der Waals surface area contributed by atoms with Crippen LogP contribution in [0.15, 0.2) is 144 Å². The molecule has 2 aromatic heterocycles. The van der Waals surface area contributed by atoms with Gasteiger partial charge in [0.05, 0.1) is 0 Å². The first kappa shape index (κ1) is 26.5. The number of nitrogens with zero attached hydrogens (tertiary/aromatic N) is 3. The normalized spacial score (nSPS) is 13.2. The topological polar surface area (TPSA) is 51.8 Å². The zero-order valence-corrected chi connectivity index (χ0v) is 25.5. The molecular formula is C42H29N3O. The van der Waals surface area contributed by atoms with Crippen LogP contribution in [0.4, 0.5) is 0 Å². The SMILES string of the molecule is CC1(C)c2c(-c3cccc(-c4nc(-c5ccccc5)nc(-c5ccccc5)n4)c3)cccc2-c2ccc3c(oc4ccccc43)c21. The summed E-state index contributed by atoms with van der Waals surface area (Å²) in [5.41, 5.74) is 11.8. The summed E-state index contributed by atoms with van der Waals surface area (Å²) in [6, 6.07) is 48.2. The van der Waals surface area contributed by atoms with Crippen LogP contribution in [0.5, 0.6) is 0 Å². The van der Waals surface area contributed by atoms with Gasteiger partial charge in [-0.05, 0) is 46.0 Å². The van der Waals surface area contributed by atoms with Crippen molar-refractivity contribution in [3.05, 3.63) is 151 Å². The number of hydrogen-bond donors (Lipinski definition) is 0. The van der Waals surface area contributed by atoms with Gasteiger partial charge in [-0.1, -0.05) is 135 Å². The molecule has 0 aliphatic heterocycles. The number of hydrogen-bond acceptors (Lipinski definition) is 4. The van der Waals surface area contributed by atoms with E-state index in [1.54, 1.807) is 0 Å². The Hall–Kier alpha value is -5.87. The molecule has 1 aliphatic carbocycles. The van der Waals surface area contributed by atoms with E-state index < -0.39 is 0 Å². The maximum atomic E-state index is 6.56. The lowest BCUT2D eigenvalue weighted by Gasteiger charge is -2.24. The summed E-state index contributed by atoms with van der Waals surface area (Å²) in [6.07, 6.45) is 0. The van der Waals surface area contributed by atoms with Crippen LogP contribution in [0.3, 0.4) is 0 Å². The number of benzene rings is 6. The number of furan rings is 1. The lowest BCUT2D eigenvalue weighted by atomic mass is 9.78. The molecule has 0 unspecified atom stereocenters. The minimum absolute atomic E-state index is 0.279. The summed E-state index contributed by atoms with van der Waals surface area (Å²) in [5.74, 6) is 1.96. The van der Waals surface area contributed by atoms with Gasteiger partial charge in [-0.25, -0.2) is 15.0 Å². The second-order valence-corrected chi connectivity index (χ2v) is 12.4. The minimum atomic E-state index is -0.279. The van der Waals surface area contributed by atoms with Crippen LogP contribution >= 0.6 is 0 Å². The summed E-state index contributed by atoms with van der Waals surface area (Å²) in [7, 11) is 0. The molecule has 8 aromatic rings. The predicted molar refractivity (Wildman–Crippen MR) is 186 cm³/mol. The maximum absolute atomic E-state index is 6.56. The van der Waals surface area contributed by atoms with Crippen LogP contribution in [-0.4, -0.2) is 15.0 Å². The van der Waals surface area contributed by atoms with E-state index in [9.17, 15) is 0 Å². The molecule has 4 nitrogen and oxygen atoms in total. The van der Waals surface area contributed by atoms with Crippen molar-refractivity contribution in [3.63, 3.8) is 0 Å². The van der Waals surface area contributed by atoms with Crippen molar-refractivity contribution in [1.82, 2.24) is 15.0 Å². The Labute approximate surface area is 267 Å². The molecule has 0 saturated heterocycles. The van der Waals surface area contributed by atoms with Gasteiger partial charge in [0, 0.05) is 38.4 Å². The lowest BCUT2D eigenvalue weighted by molar-refractivity contribution is 0.621. The van der Waals surface area contributed by atoms with Gasteiger partial charge in [0.2, 0.25) is 0 Å². The van der Waals surface area contributed by atoms with Crippen LogP contribution in [-0.2, 0) is 5.41 Å². The first-order valence-corrected chi connectivity index (χ1v) is 15.6. The third-order valence-corrected chi connectivity index (χ3v) is 9.28. The number of fused-ring (bicyclic) bond motifs is 7. The summed E-state index contributed by atoms with van der Waals surface area (Å²) in [4.78, 5) is 14.9. The Morgan fingerprint density at radius 2 is 0.978 bits per heavy atom. The van der Waals surface area contributed by atoms with Gasteiger partial charge in [-0.3, -0.25) is 0 Å². The molecule has 218 valence electrons. The summed E-state index contributed by atoms with van der Waals surface area (Å²) < 4.78 is 6.56. The van der Waals surface area contributed by atoms with E-state index in [4.69, 9.17) is 19.4 Å². The largest absolute Gasteiger partial charge is 0.456 e. The third-order valence-electron chi connectivity index (χ3n) is 9.28. The van der Waals surface area contributed by atoms with Crippen molar-refractivity contribution in [2.45, 2.75) is 19.3 Å². The zero-order chi connectivity index (χ0) is 30.8. The van der Waals surface area contributed by atoms with E-state index >= 15 is 0 Å². The quantitative estimate of drug-likeness (QED) is 0.204. The van der Waals surface area contributed by atoms with Crippen LogP contribution in [0, 0.1) is 0 Å². The Morgan fingerprint density at radius 3 is 1.70 bits per heavy atom. The fourth-order valence-electron chi connectivity index (χ4n) is 7.21. The fourth-order valence-corrected chi connectivity index (χ4v) is 7.21. The van der Waals surface area contributed by atoms with Crippen LogP contribution in [0.1, 0.15) is 25.0 Å². The highest BCUT2D eigenvalue weighted by molar-refractivity contribution is 6.09. The van der Waals surface area contributed by atoms with Crippen LogP contribution in [0.25, 0.3) is 78.4 Å². The number of para-hydroxylation sites is 1. The number of aromatic nitrogens is 3. The molecule has 2 heterocycles. The summed E-state index contributed by atoms with van der Waals surface area (Å²) >= 11 is 0. The molecule has 4 heteroatoms. The Morgan fingerprint density at radius 1 is 0.435 bits per heavy atom. The maximum Gasteiger partial charge on any atom is 0.164 e. The average molecular weight is 592 g/mol. The van der Waals surface area contributed by atoms with Crippen LogP contribution in [0.2, 0.25) is 0 Å². The number of rotatable bonds is 4.